The van der Waals surface area contributed by atoms with Gasteiger partial charge in [-0.3, -0.25) is 0 Å². The number of furan rings is 3. The Morgan fingerprint density at radius 3 is 1.27 bits per heavy atom. The zero-order chi connectivity index (χ0) is 77.0. The van der Waals surface area contributed by atoms with Crippen molar-refractivity contribution >= 4 is 215 Å². The van der Waals surface area contributed by atoms with E-state index in [0.29, 0.717) is 57.2 Å². The van der Waals surface area contributed by atoms with Gasteiger partial charge in [0.05, 0.1) is 55.5 Å². The fraction of sp³-hybridized carbons (Fsp3) is 0.187. The van der Waals surface area contributed by atoms with Crippen molar-refractivity contribution in [2.75, 3.05) is 51.2 Å². The molecule has 0 aliphatic carbocycles. The van der Waals surface area contributed by atoms with Crippen molar-refractivity contribution in [3.05, 3.63) is 193 Å². The summed E-state index contributed by atoms with van der Waals surface area (Å²) in [6, 6.07) is 40.3. The van der Waals surface area contributed by atoms with Crippen molar-refractivity contribution in [3.8, 4) is 17.2 Å². The molecule has 0 amide bonds. The number of aryl methyl sites for hydroxylation is 5. The van der Waals surface area contributed by atoms with E-state index in [1.807, 2.05) is 145 Å². The van der Waals surface area contributed by atoms with Gasteiger partial charge in [-0.2, -0.15) is 9.59 Å². The van der Waals surface area contributed by atoms with Crippen LogP contribution in [0, 0.1) is 27.7 Å². The number of hydrogen-bond acceptors (Lipinski definition) is 33. The number of aromatic nitrogens is 2. The molecule has 0 radical (unpaired) electrons. The molecule has 10 aromatic heterocycles. The van der Waals surface area contributed by atoms with Crippen LogP contribution in [0.2, 0.25) is 0 Å². The lowest BCUT2D eigenvalue weighted by Gasteiger charge is -2.14. The van der Waals surface area contributed by atoms with Crippen molar-refractivity contribution in [2.45, 2.75) is 54.9 Å². The average molecular weight is 1580 g/mol. The Hall–Kier alpha value is -11.7. The molecule has 108 heavy (non-hydrogen) atoms. The molecule has 0 saturated heterocycles. The van der Waals surface area contributed by atoms with Crippen LogP contribution < -0.4 is 9.80 Å². The first-order chi connectivity index (χ1) is 52.2. The van der Waals surface area contributed by atoms with Crippen LogP contribution in [0.4, 0.5) is 67.6 Å². The predicted molar refractivity (Wildman–Crippen MR) is 429 cm³/mol. The maximum Gasteiger partial charge on any atom is 0.373 e. The van der Waals surface area contributed by atoms with Gasteiger partial charge >= 0.3 is 18.1 Å². The van der Waals surface area contributed by atoms with Gasteiger partial charge in [-0.1, -0.05) is 18.3 Å². The molecule has 3 N–H and O–H groups in total. The van der Waals surface area contributed by atoms with Gasteiger partial charge in [0.25, 0.3) is 5.13 Å². The van der Waals surface area contributed by atoms with Crippen LogP contribution in [-0.4, -0.2) is 85.0 Å². The van der Waals surface area contributed by atoms with Crippen molar-refractivity contribution < 1.29 is 57.2 Å². The summed E-state index contributed by atoms with van der Waals surface area (Å²) in [6.07, 6.45) is 5.70. The zero-order valence-corrected chi connectivity index (χ0v) is 65.5. The van der Waals surface area contributed by atoms with Gasteiger partial charge in [0.15, 0.2) is 0 Å². The van der Waals surface area contributed by atoms with E-state index in [1.165, 1.54) is 45.3 Å². The number of phenolic OH excluding ortho intramolecular Hbond substituents is 3. The number of esters is 2. The second kappa shape index (κ2) is 37.5. The number of phenols is 3. The van der Waals surface area contributed by atoms with Gasteiger partial charge < -0.3 is 47.8 Å². The number of anilines is 2. The summed E-state index contributed by atoms with van der Waals surface area (Å²) in [6.45, 7) is 14.2. The molecule has 15 rings (SSSR count). The van der Waals surface area contributed by atoms with E-state index < -0.39 is 0 Å². The summed E-state index contributed by atoms with van der Waals surface area (Å²) in [5, 5.41) is 88.0. The Bertz CT molecular complexity index is 5590. The van der Waals surface area contributed by atoms with E-state index in [-0.39, 0.29) is 29.6 Å². The van der Waals surface area contributed by atoms with Crippen LogP contribution in [0.15, 0.2) is 222 Å². The van der Waals surface area contributed by atoms with Gasteiger partial charge in [-0.05, 0) is 174 Å². The van der Waals surface area contributed by atoms with Crippen LogP contribution in [0.5, 0.6) is 17.2 Å². The molecular weight excluding hydrogens is 1510 g/mol. The van der Waals surface area contributed by atoms with E-state index in [1.54, 1.807) is 133 Å². The molecule has 33 heteroatoms. The lowest BCUT2D eigenvalue weighted by Crippen LogP contribution is -2.08. The summed E-state index contributed by atoms with van der Waals surface area (Å²) >= 11 is 10.5. The number of aromatic hydroxyl groups is 3. The van der Waals surface area contributed by atoms with Crippen LogP contribution >= 0.6 is 79.4 Å². The zero-order valence-electron chi connectivity index (χ0n) is 59.8. The molecule has 0 spiro atoms. The molecule has 0 aliphatic rings. The van der Waals surface area contributed by atoms with E-state index in [4.69, 9.17) is 32.3 Å². The molecule has 5 aromatic carbocycles. The van der Waals surface area contributed by atoms with E-state index in [0.717, 1.165) is 121 Å². The highest BCUT2D eigenvalue weighted by molar-refractivity contribution is 7.22. The Balaban J connectivity index is 0.000000143. The largest absolute Gasteiger partial charge is 0.507 e. The Kier molecular flexibility index (Phi) is 27.4. The van der Waals surface area contributed by atoms with Crippen molar-refractivity contribution in [1.82, 2.24) is 10.2 Å². The molecule has 0 fully saturated rings. The SMILES string of the molecule is CCOC(=O)c1cc2c(N(C)C)ccc(N=Nc3ccco3)c2s1.CCOC(=O)c1cc2c(N(C)C)ccc(N=Nc3cccs3)c2s1.CCc1cc(O)c2cc(C)sc2c1N=Nc1ccco1.Cc1cc2c(O)ccc(N=Nc3ccco3)c2s1.Cc1cc2c(O)ccc(N=Nc3nnc(C)s3)c2s1.O=C=O. The highest BCUT2D eigenvalue weighted by Gasteiger charge is 2.20. The molecule has 0 bridgehead atoms. The quantitative estimate of drug-likeness (QED) is 0.0563. The van der Waals surface area contributed by atoms with E-state index in [2.05, 4.69) is 61.3 Å². The highest BCUT2D eigenvalue weighted by Crippen LogP contribution is 2.46. The molecular formula is C75H68N14O12S7. The third-order valence-electron chi connectivity index (χ3n) is 14.9. The number of fused-ring (bicyclic) bond motifs is 5. The lowest BCUT2D eigenvalue weighted by molar-refractivity contribution is -0.191. The molecule has 26 nitrogen and oxygen atoms in total. The molecule has 15 aromatic rings. The molecule has 0 aliphatic heterocycles. The monoisotopic (exact) mass is 1580 g/mol. The highest BCUT2D eigenvalue weighted by atomic mass is 32.1. The van der Waals surface area contributed by atoms with E-state index in [9.17, 15) is 24.9 Å². The predicted octanol–water partition coefficient (Wildman–Crippen LogP) is 25.1. The van der Waals surface area contributed by atoms with Crippen LogP contribution in [0.1, 0.15) is 65.3 Å². The normalized spacial score (nSPS) is 11.2. The van der Waals surface area contributed by atoms with Gasteiger partial charge in [-0.15, -0.1) is 129 Å². The Morgan fingerprint density at radius 2 is 0.870 bits per heavy atom. The number of ether oxygens (including phenoxy) is 2. The summed E-state index contributed by atoms with van der Waals surface area (Å²) in [7, 11) is 7.87. The molecule has 0 unspecified atom stereocenters. The summed E-state index contributed by atoms with van der Waals surface area (Å²) in [5.74, 6) is 1.59. The second-order valence-corrected chi connectivity index (χ2v) is 30.9. The van der Waals surface area contributed by atoms with Gasteiger partial charge in [0.2, 0.25) is 17.7 Å². The van der Waals surface area contributed by atoms with Gasteiger partial charge in [-0.25, -0.2) is 9.59 Å². The molecule has 10 heterocycles. The number of nitrogens with zero attached hydrogens (tertiary/aromatic N) is 14. The fourth-order valence-electron chi connectivity index (χ4n) is 10.2. The van der Waals surface area contributed by atoms with Crippen molar-refractivity contribution in [1.29, 1.82) is 0 Å². The minimum absolute atomic E-state index is 0.250. The number of thiophene rings is 6. The minimum atomic E-state index is -0.322. The van der Waals surface area contributed by atoms with E-state index >= 15 is 0 Å². The molecule has 0 saturated carbocycles. The smallest absolute Gasteiger partial charge is 0.373 e. The first-order valence-corrected chi connectivity index (χ1v) is 38.5. The fourth-order valence-corrected chi connectivity index (χ4v) is 16.3. The average Bonchev–Trinajstić information content (AvgIpc) is 1.64. The number of hydrogen-bond donors (Lipinski definition) is 3. The Morgan fingerprint density at radius 1 is 0.454 bits per heavy atom. The van der Waals surface area contributed by atoms with Gasteiger partial charge in [0.1, 0.15) is 65.4 Å². The summed E-state index contributed by atoms with van der Waals surface area (Å²) < 4.78 is 30.3. The third kappa shape index (κ3) is 20.1. The molecule has 0 atom stereocenters. The topological polar surface area (TPSA) is 343 Å². The standard InChI is InChI=1S/C17H17N3O3S.C17H17N3O2S2.C15H14N2O2S.C13H10N2O2S.C12H10N4OS2.CO2/c2*1-4-22-17(21)14-10-11-13(20(2)3)8-7-12(16(11)24-14)18-19-15-6-5-9-23-15;1-3-10-8-12(18)11-7-9(2)20-15(11)14(10)17-16-13-5-4-6-19-13;1-8-7-9-11(16)5-4-10(13(9)18-8)14-15-12-3-2-6-17-12;1-6-5-8-10(17)4-3-9(11(8)18-6)14-16-12-15-13-7(2)19-12;2-1-3/h2*5-10H,4H2,1-3H3;4-8,18H,3H2,1-2H3;2-7,16H,1H3;3-5,17H,1-2H3;. The minimum Gasteiger partial charge on any atom is -0.507 e. The number of carbonyl (C=O) groups is 2. The number of benzene rings is 5. The lowest BCUT2D eigenvalue weighted by atomic mass is 10.1. The number of rotatable bonds is 17. The van der Waals surface area contributed by atoms with Crippen LogP contribution in [0.25, 0.3) is 50.4 Å². The third-order valence-corrected chi connectivity index (χ3v) is 21.8. The number of azo groups is 5. The number of carbonyl (C=O) groups excluding carboxylic acids is 4. The molecule has 552 valence electrons. The van der Waals surface area contributed by atoms with Gasteiger partial charge in [0, 0.05) is 99.3 Å². The first-order valence-electron chi connectivity index (χ1n) is 32.7. The first kappa shape index (κ1) is 78.9. The Labute approximate surface area is 645 Å². The van der Waals surface area contributed by atoms with Crippen LogP contribution in [-0.2, 0) is 25.5 Å². The summed E-state index contributed by atoms with van der Waals surface area (Å²) in [4.78, 5) is 48.9. The van der Waals surface area contributed by atoms with Crippen molar-refractivity contribution in [2.24, 2.45) is 51.1 Å². The maximum absolute atomic E-state index is 12.1. The second-order valence-electron chi connectivity index (χ2n) is 22.9. The van der Waals surface area contributed by atoms with Crippen LogP contribution in [0.3, 0.4) is 0 Å². The van der Waals surface area contributed by atoms with Crippen molar-refractivity contribution in [3.63, 3.8) is 0 Å². The maximum atomic E-state index is 12.1. The summed E-state index contributed by atoms with van der Waals surface area (Å²) in [5.41, 5.74) is 6.75.